The lowest BCUT2D eigenvalue weighted by Gasteiger charge is -2.27. The number of hydrogen-bond donors (Lipinski definition) is 1. The first-order chi connectivity index (χ1) is 7.58. The summed E-state index contributed by atoms with van der Waals surface area (Å²) in [6, 6.07) is 7.33. The fourth-order valence-electron chi connectivity index (χ4n) is 2.01. The van der Waals surface area contributed by atoms with Gasteiger partial charge in [-0.1, -0.05) is 30.7 Å². The van der Waals surface area contributed by atoms with E-state index in [1.807, 2.05) is 25.1 Å². The SMILES string of the molecule is CC1C(=O)NC(=O)CC1c1cccc(Cl)c1. The van der Waals surface area contributed by atoms with Crippen molar-refractivity contribution in [1.82, 2.24) is 5.32 Å². The lowest BCUT2D eigenvalue weighted by molar-refractivity contribution is -0.136. The molecule has 1 fully saturated rings. The Morgan fingerprint density at radius 3 is 2.81 bits per heavy atom. The van der Waals surface area contributed by atoms with Crippen LogP contribution in [-0.2, 0) is 9.59 Å². The van der Waals surface area contributed by atoms with Crippen molar-refractivity contribution in [2.75, 3.05) is 0 Å². The number of rotatable bonds is 1. The summed E-state index contributed by atoms with van der Waals surface area (Å²) in [7, 11) is 0. The highest BCUT2D eigenvalue weighted by Gasteiger charge is 2.33. The molecule has 2 atom stereocenters. The molecule has 2 rings (SSSR count). The highest BCUT2D eigenvalue weighted by Crippen LogP contribution is 2.32. The van der Waals surface area contributed by atoms with E-state index < -0.39 is 0 Å². The van der Waals surface area contributed by atoms with E-state index in [9.17, 15) is 9.59 Å². The molecule has 2 amide bonds. The monoisotopic (exact) mass is 237 g/mol. The van der Waals surface area contributed by atoms with Crippen LogP contribution in [0, 0.1) is 5.92 Å². The van der Waals surface area contributed by atoms with E-state index in [1.54, 1.807) is 6.07 Å². The van der Waals surface area contributed by atoms with Gasteiger partial charge in [0.2, 0.25) is 11.8 Å². The van der Waals surface area contributed by atoms with Crippen molar-refractivity contribution in [2.45, 2.75) is 19.3 Å². The van der Waals surface area contributed by atoms with Crippen molar-refractivity contribution in [3.05, 3.63) is 34.9 Å². The summed E-state index contributed by atoms with van der Waals surface area (Å²) in [5, 5.41) is 2.96. The third-order valence-corrected chi connectivity index (χ3v) is 3.20. The lowest BCUT2D eigenvalue weighted by Crippen LogP contribution is -2.43. The van der Waals surface area contributed by atoms with E-state index in [0.29, 0.717) is 11.4 Å². The van der Waals surface area contributed by atoms with Crippen molar-refractivity contribution in [3.63, 3.8) is 0 Å². The minimum atomic E-state index is -0.215. The zero-order chi connectivity index (χ0) is 11.7. The average molecular weight is 238 g/mol. The lowest BCUT2D eigenvalue weighted by atomic mass is 9.81. The summed E-state index contributed by atoms with van der Waals surface area (Å²) in [5.74, 6) is -0.689. The molecule has 0 bridgehead atoms. The fraction of sp³-hybridized carbons (Fsp3) is 0.333. The molecule has 1 aliphatic heterocycles. The smallest absolute Gasteiger partial charge is 0.230 e. The highest BCUT2D eigenvalue weighted by atomic mass is 35.5. The number of imide groups is 1. The minimum absolute atomic E-state index is 0.0695. The van der Waals surface area contributed by atoms with Crippen molar-refractivity contribution >= 4 is 23.4 Å². The van der Waals surface area contributed by atoms with Gasteiger partial charge in [-0.25, -0.2) is 0 Å². The van der Waals surface area contributed by atoms with Crippen LogP contribution in [0.5, 0.6) is 0 Å². The number of amides is 2. The van der Waals surface area contributed by atoms with Crippen molar-refractivity contribution in [3.8, 4) is 0 Å². The van der Waals surface area contributed by atoms with Gasteiger partial charge in [0.25, 0.3) is 0 Å². The van der Waals surface area contributed by atoms with Crippen molar-refractivity contribution in [1.29, 1.82) is 0 Å². The molecule has 0 saturated carbocycles. The van der Waals surface area contributed by atoms with E-state index in [4.69, 9.17) is 11.6 Å². The van der Waals surface area contributed by atoms with E-state index in [2.05, 4.69) is 5.32 Å². The van der Waals surface area contributed by atoms with Gasteiger partial charge in [-0.05, 0) is 17.7 Å². The molecule has 1 aromatic rings. The number of piperidine rings is 1. The van der Waals surface area contributed by atoms with Crippen LogP contribution in [0.15, 0.2) is 24.3 Å². The first kappa shape index (κ1) is 11.1. The molecule has 0 aromatic heterocycles. The predicted octanol–water partition coefficient (Wildman–Crippen LogP) is 2.11. The number of carbonyl (C=O) groups excluding carboxylic acids is 2. The van der Waals surface area contributed by atoms with Crippen LogP contribution >= 0.6 is 11.6 Å². The first-order valence-electron chi connectivity index (χ1n) is 5.17. The Balaban J connectivity index is 2.32. The molecule has 1 N–H and O–H groups in total. The third-order valence-electron chi connectivity index (χ3n) is 2.96. The number of carbonyl (C=O) groups is 2. The standard InChI is InChI=1S/C12H12ClNO2/c1-7-10(6-11(15)14-12(7)16)8-3-2-4-9(13)5-8/h2-5,7,10H,6H2,1H3,(H,14,15,16). The molecule has 2 unspecified atom stereocenters. The topological polar surface area (TPSA) is 46.2 Å². The predicted molar refractivity (Wildman–Crippen MR) is 61.1 cm³/mol. The van der Waals surface area contributed by atoms with Gasteiger partial charge in [0.05, 0.1) is 0 Å². The van der Waals surface area contributed by atoms with Crippen LogP contribution in [-0.4, -0.2) is 11.8 Å². The summed E-state index contributed by atoms with van der Waals surface area (Å²) in [4.78, 5) is 22.8. The maximum atomic E-state index is 11.5. The number of nitrogens with one attached hydrogen (secondary N) is 1. The van der Waals surface area contributed by atoms with Crippen LogP contribution < -0.4 is 5.32 Å². The van der Waals surface area contributed by atoms with Gasteiger partial charge in [0.15, 0.2) is 0 Å². The van der Waals surface area contributed by atoms with Crippen LogP contribution in [0.4, 0.5) is 0 Å². The minimum Gasteiger partial charge on any atom is -0.296 e. The van der Waals surface area contributed by atoms with Crippen LogP contribution in [0.2, 0.25) is 5.02 Å². The van der Waals surface area contributed by atoms with E-state index >= 15 is 0 Å². The molecule has 0 aliphatic carbocycles. The molecule has 4 heteroatoms. The zero-order valence-corrected chi connectivity index (χ0v) is 9.62. The molecular formula is C12H12ClNO2. The van der Waals surface area contributed by atoms with E-state index in [1.165, 1.54) is 0 Å². The summed E-state index contributed by atoms with van der Waals surface area (Å²) in [5.41, 5.74) is 0.947. The van der Waals surface area contributed by atoms with Gasteiger partial charge < -0.3 is 0 Å². The van der Waals surface area contributed by atoms with Gasteiger partial charge in [-0.15, -0.1) is 0 Å². The Bertz CT molecular complexity index is 444. The number of benzene rings is 1. The van der Waals surface area contributed by atoms with Gasteiger partial charge in [-0.2, -0.15) is 0 Å². The van der Waals surface area contributed by atoms with Gasteiger partial charge in [0, 0.05) is 23.3 Å². The molecule has 3 nitrogen and oxygen atoms in total. The number of hydrogen-bond acceptors (Lipinski definition) is 2. The number of halogens is 1. The molecular weight excluding hydrogens is 226 g/mol. The van der Waals surface area contributed by atoms with Crippen molar-refractivity contribution in [2.24, 2.45) is 5.92 Å². The van der Waals surface area contributed by atoms with E-state index in [0.717, 1.165) is 5.56 Å². The van der Waals surface area contributed by atoms with Gasteiger partial charge in [0.1, 0.15) is 0 Å². The Hall–Kier alpha value is -1.35. The molecule has 0 spiro atoms. The molecule has 1 aliphatic rings. The molecule has 84 valence electrons. The maximum absolute atomic E-state index is 11.5. The fourth-order valence-corrected chi connectivity index (χ4v) is 2.20. The summed E-state index contributed by atoms with van der Waals surface area (Å²) in [6.45, 7) is 1.83. The van der Waals surface area contributed by atoms with Gasteiger partial charge in [-0.3, -0.25) is 14.9 Å². The normalized spacial score (nSPS) is 25.4. The second kappa shape index (κ2) is 4.26. The Labute approximate surface area is 98.8 Å². The molecule has 1 heterocycles. The van der Waals surface area contributed by atoms with Crippen LogP contribution in [0.1, 0.15) is 24.8 Å². The average Bonchev–Trinajstić information content (AvgIpc) is 2.23. The first-order valence-corrected chi connectivity index (χ1v) is 5.55. The quantitative estimate of drug-likeness (QED) is 0.761. The summed E-state index contributed by atoms with van der Waals surface area (Å²) in [6.07, 6.45) is 0.341. The highest BCUT2D eigenvalue weighted by molar-refractivity contribution is 6.30. The van der Waals surface area contributed by atoms with Gasteiger partial charge >= 0.3 is 0 Å². The van der Waals surface area contributed by atoms with Crippen LogP contribution in [0.25, 0.3) is 0 Å². The second-order valence-electron chi connectivity index (χ2n) is 4.07. The zero-order valence-electron chi connectivity index (χ0n) is 8.87. The molecule has 1 saturated heterocycles. The third kappa shape index (κ3) is 2.09. The van der Waals surface area contributed by atoms with Crippen LogP contribution in [0.3, 0.4) is 0 Å². The Morgan fingerprint density at radius 2 is 2.12 bits per heavy atom. The van der Waals surface area contributed by atoms with Crippen molar-refractivity contribution < 1.29 is 9.59 Å². The second-order valence-corrected chi connectivity index (χ2v) is 4.50. The maximum Gasteiger partial charge on any atom is 0.230 e. The Kier molecular flexibility index (Phi) is 2.97. The Morgan fingerprint density at radius 1 is 1.38 bits per heavy atom. The van der Waals surface area contributed by atoms with E-state index in [-0.39, 0.29) is 23.7 Å². The molecule has 1 aromatic carbocycles. The summed E-state index contributed by atoms with van der Waals surface area (Å²) < 4.78 is 0. The largest absolute Gasteiger partial charge is 0.296 e. The molecule has 16 heavy (non-hydrogen) atoms. The summed E-state index contributed by atoms with van der Waals surface area (Å²) >= 11 is 5.90. The molecule has 0 radical (unpaired) electrons.